The summed E-state index contributed by atoms with van der Waals surface area (Å²) in [6, 6.07) is 16.3. The molecule has 6 rings (SSSR count). The first-order chi connectivity index (χ1) is 22.3. The fraction of sp³-hybridized carbons (Fsp3) is 0.324. The van der Waals surface area contributed by atoms with Crippen molar-refractivity contribution in [3.05, 3.63) is 87.8 Å². The van der Waals surface area contributed by atoms with Gasteiger partial charge in [-0.2, -0.15) is 0 Å². The summed E-state index contributed by atoms with van der Waals surface area (Å²) in [5, 5.41) is 20.0. The molecule has 46 heavy (non-hydrogen) atoms. The molecule has 2 aromatic heterocycles. The van der Waals surface area contributed by atoms with E-state index in [0.29, 0.717) is 94.4 Å². The summed E-state index contributed by atoms with van der Waals surface area (Å²) in [7, 11) is 1.57. The Kier molecular flexibility index (Phi) is 10.0. The van der Waals surface area contributed by atoms with E-state index in [2.05, 4.69) is 20.9 Å². The second-order valence-electron chi connectivity index (χ2n) is 11.6. The molecule has 2 fully saturated rings. The molecule has 2 atom stereocenters. The number of likely N-dealkylation sites (tertiary alicyclic amines) is 1. The lowest BCUT2D eigenvalue weighted by atomic mass is 10.0. The minimum absolute atomic E-state index is 0.0862. The smallest absolute Gasteiger partial charge is 0.220 e. The molecule has 4 aromatic rings. The zero-order valence-corrected chi connectivity index (χ0v) is 26.8. The van der Waals surface area contributed by atoms with Crippen LogP contribution in [0.2, 0.25) is 10.0 Å². The van der Waals surface area contributed by atoms with Crippen molar-refractivity contribution >= 4 is 40.5 Å². The number of rotatable bonds is 11. The summed E-state index contributed by atoms with van der Waals surface area (Å²) in [6.45, 7) is 2.86. The Balaban J connectivity index is 1.21. The van der Waals surface area contributed by atoms with Gasteiger partial charge in [-0.1, -0.05) is 53.5 Å². The lowest BCUT2D eigenvalue weighted by Crippen LogP contribution is -2.35. The molecule has 0 radical (unpaired) electrons. The minimum atomic E-state index is -0.372. The predicted octanol–water partition coefficient (Wildman–Crippen LogP) is 5.94. The van der Waals surface area contributed by atoms with Gasteiger partial charge in [0.15, 0.2) is 5.82 Å². The van der Waals surface area contributed by atoms with E-state index in [0.717, 1.165) is 18.5 Å². The average molecular weight is 666 g/mol. The Bertz CT molecular complexity index is 1740. The molecule has 9 nitrogen and oxygen atoms in total. The zero-order valence-electron chi connectivity index (χ0n) is 25.3. The molecule has 0 saturated carbocycles. The Morgan fingerprint density at radius 1 is 1.04 bits per heavy atom. The molecule has 2 aliphatic heterocycles. The number of amides is 1. The van der Waals surface area contributed by atoms with E-state index in [-0.39, 0.29) is 23.9 Å². The van der Waals surface area contributed by atoms with Crippen molar-refractivity contribution in [2.45, 2.75) is 44.5 Å². The van der Waals surface area contributed by atoms with Gasteiger partial charge in [0.05, 0.1) is 46.0 Å². The highest BCUT2D eigenvalue weighted by Crippen LogP contribution is 2.41. The van der Waals surface area contributed by atoms with E-state index in [1.54, 1.807) is 43.6 Å². The average Bonchev–Trinajstić information content (AvgIpc) is 3.67. The van der Waals surface area contributed by atoms with Crippen LogP contribution in [0, 0.1) is 5.82 Å². The van der Waals surface area contributed by atoms with Crippen LogP contribution in [-0.4, -0.2) is 64.8 Å². The van der Waals surface area contributed by atoms with Crippen LogP contribution in [0.5, 0.6) is 5.88 Å². The number of nitrogens with zero attached hydrogens (tertiary/aromatic N) is 3. The van der Waals surface area contributed by atoms with Gasteiger partial charge in [0.2, 0.25) is 11.8 Å². The molecular weight excluding hydrogens is 630 g/mol. The Morgan fingerprint density at radius 2 is 1.87 bits per heavy atom. The third kappa shape index (κ3) is 7.11. The number of halogens is 3. The highest BCUT2D eigenvalue weighted by Gasteiger charge is 2.23. The van der Waals surface area contributed by atoms with Crippen molar-refractivity contribution in [1.82, 2.24) is 25.5 Å². The van der Waals surface area contributed by atoms with Gasteiger partial charge in [-0.3, -0.25) is 14.7 Å². The SMILES string of the molecule is COc1nc(-c2ccnc(-c3cccc(Nc4cccc(CN5CC[C@H](O)C5)c4F)c3Cl)c2Cl)ccc1CNC[C@H]1CCC(=O)N1. The van der Waals surface area contributed by atoms with Crippen LogP contribution in [-0.2, 0) is 17.9 Å². The molecule has 2 aliphatic rings. The van der Waals surface area contributed by atoms with Crippen LogP contribution in [0.3, 0.4) is 0 Å². The number of aliphatic hydroxyl groups excluding tert-OH is 1. The fourth-order valence-electron chi connectivity index (χ4n) is 5.92. The van der Waals surface area contributed by atoms with Gasteiger partial charge in [0.1, 0.15) is 0 Å². The normalized spacial score (nSPS) is 18.2. The molecule has 240 valence electrons. The summed E-state index contributed by atoms with van der Waals surface area (Å²) in [4.78, 5) is 22.8. The summed E-state index contributed by atoms with van der Waals surface area (Å²) in [6.07, 6.45) is 3.34. The Morgan fingerprint density at radius 3 is 2.63 bits per heavy atom. The Hall–Kier alpha value is -3.80. The van der Waals surface area contributed by atoms with Gasteiger partial charge in [-0.05, 0) is 37.1 Å². The second-order valence-corrected chi connectivity index (χ2v) is 12.3. The van der Waals surface area contributed by atoms with Crippen molar-refractivity contribution in [3.63, 3.8) is 0 Å². The molecule has 4 N–H and O–H groups in total. The highest BCUT2D eigenvalue weighted by atomic mass is 35.5. The molecule has 0 aliphatic carbocycles. The number of aliphatic hydroxyl groups is 1. The summed E-state index contributed by atoms with van der Waals surface area (Å²) in [5.74, 6) is 0.180. The number of carbonyl (C=O) groups is 1. The number of methoxy groups -OCH3 is 1. The quantitative estimate of drug-likeness (QED) is 0.156. The lowest BCUT2D eigenvalue weighted by Gasteiger charge is -2.18. The molecule has 2 saturated heterocycles. The van der Waals surface area contributed by atoms with Crippen molar-refractivity contribution in [1.29, 1.82) is 0 Å². The van der Waals surface area contributed by atoms with Gasteiger partial charge in [0.25, 0.3) is 0 Å². The molecule has 12 heteroatoms. The van der Waals surface area contributed by atoms with Gasteiger partial charge in [-0.15, -0.1) is 0 Å². The number of ether oxygens (including phenoxy) is 1. The Labute approximate surface area is 277 Å². The van der Waals surface area contributed by atoms with Crippen molar-refractivity contribution in [2.75, 3.05) is 32.1 Å². The first-order valence-corrected chi connectivity index (χ1v) is 16.0. The number of aromatic nitrogens is 2. The van der Waals surface area contributed by atoms with Gasteiger partial charge < -0.3 is 25.8 Å². The van der Waals surface area contributed by atoms with Crippen molar-refractivity contribution in [3.8, 4) is 28.4 Å². The van der Waals surface area contributed by atoms with Crippen molar-refractivity contribution < 1.29 is 19.0 Å². The number of hydrogen-bond donors (Lipinski definition) is 4. The zero-order chi connectivity index (χ0) is 32.2. The van der Waals surface area contributed by atoms with Crippen LogP contribution in [0.25, 0.3) is 22.5 Å². The maximum absolute atomic E-state index is 15.5. The molecule has 0 bridgehead atoms. The molecule has 2 aromatic carbocycles. The van der Waals surface area contributed by atoms with E-state index in [9.17, 15) is 9.90 Å². The number of pyridine rings is 2. The number of β-amino-alcohol motifs (C(OH)–C–C–N with tert-alkyl or cyclic N) is 1. The summed E-state index contributed by atoms with van der Waals surface area (Å²) < 4.78 is 21.1. The molecule has 0 spiro atoms. The molecule has 0 unspecified atom stereocenters. The fourth-order valence-corrected chi connectivity index (χ4v) is 6.50. The summed E-state index contributed by atoms with van der Waals surface area (Å²) in [5.41, 5.74) is 4.50. The standard InChI is InChI=1S/C34H35Cl2FN6O3/c1-46-34-20(16-38-17-22-9-11-29(45)40-22)8-10-26(42-34)24-12-14-39-33(31(24)36)25-5-3-6-27(30(25)35)41-28-7-2-4-21(32(28)37)18-43-15-13-23(44)19-43/h2-8,10,12,14,22-23,38,41,44H,9,11,13,15-19H2,1H3,(H,40,45)/t22-,23+/m1/s1. The van der Waals surface area contributed by atoms with E-state index < -0.39 is 0 Å². The highest BCUT2D eigenvalue weighted by molar-refractivity contribution is 6.39. The number of carbonyl (C=O) groups excluding carboxylic acids is 1. The largest absolute Gasteiger partial charge is 0.481 e. The topological polar surface area (TPSA) is 112 Å². The number of nitrogens with one attached hydrogen (secondary N) is 3. The van der Waals surface area contributed by atoms with E-state index >= 15 is 4.39 Å². The van der Waals surface area contributed by atoms with Gasteiger partial charge in [-0.25, -0.2) is 9.37 Å². The van der Waals surface area contributed by atoms with Crippen LogP contribution < -0.4 is 20.7 Å². The predicted molar refractivity (Wildman–Crippen MR) is 178 cm³/mol. The van der Waals surface area contributed by atoms with Gasteiger partial charge in [0, 0.05) is 73.6 Å². The molecule has 4 heterocycles. The first kappa shape index (κ1) is 32.2. The molecular formula is C34H35Cl2FN6O3. The molecule has 1 amide bonds. The maximum atomic E-state index is 15.5. The van der Waals surface area contributed by atoms with E-state index in [4.69, 9.17) is 32.9 Å². The summed E-state index contributed by atoms with van der Waals surface area (Å²) >= 11 is 13.8. The van der Waals surface area contributed by atoms with Crippen LogP contribution in [0.1, 0.15) is 30.4 Å². The third-order valence-corrected chi connectivity index (χ3v) is 9.12. The maximum Gasteiger partial charge on any atom is 0.220 e. The number of hydrogen-bond acceptors (Lipinski definition) is 8. The van der Waals surface area contributed by atoms with Crippen molar-refractivity contribution in [2.24, 2.45) is 0 Å². The second kappa shape index (κ2) is 14.3. The van der Waals surface area contributed by atoms with Crippen LogP contribution in [0.4, 0.5) is 15.8 Å². The monoisotopic (exact) mass is 664 g/mol. The first-order valence-electron chi connectivity index (χ1n) is 15.2. The minimum Gasteiger partial charge on any atom is -0.481 e. The van der Waals surface area contributed by atoms with E-state index in [1.165, 1.54) is 0 Å². The van der Waals surface area contributed by atoms with E-state index in [1.807, 2.05) is 29.2 Å². The van der Waals surface area contributed by atoms with Crippen LogP contribution >= 0.6 is 23.2 Å². The van der Waals surface area contributed by atoms with Gasteiger partial charge >= 0.3 is 0 Å². The third-order valence-electron chi connectivity index (χ3n) is 8.33. The van der Waals surface area contributed by atoms with Crippen LogP contribution in [0.15, 0.2) is 60.8 Å². The number of anilines is 2. The lowest BCUT2D eigenvalue weighted by molar-refractivity contribution is -0.119. The number of benzene rings is 2.